The van der Waals surface area contributed by atoms with Crippen molar-refractivity contribution < 1.29 is 14.9 Å². The van der Waals surface area contributed by atoms with Gasteiger partial charge in [0.25, 0.3) is 0 Å². The molecule has 0 radical (unpaired) electrons. The molecule has 27 heavy (non-hydrogen) atoms. The van der Waals surface area contributed by atoms with Crippen LogP contribution in [0, 0.1) is 4.91 Å². The molecule has 0 aliphatic carbocycles. The normalized spacial score (nSPS) is 22.6. The van der Waals surface area contributed by atoms with Crippen LogP contribution >= 0.6 is 11.8 Å². The van der Waals surface area contributed by atoms with Crippen molar-refractivity contribution in [3.8, 4) is 0 Å². The summed E-state index contributed by atoms with van der Waals surface area (Å²) in [6.07, 6.45) is 1.27. The lowest BCUT2D eigenvalue weighted by molar-refractivity contribution is -0.0432. The minimum absolute atomic E-state index is 0.0202. The molecule has 0 aromatic carbocycles. The number of anilines is 1. The first-order valence-electron chi connectivity index (χ1n) is 7.98. The van der Waals surface area contributed by atoms with E-state index in [1.807, 2.05) is 0 Å². The smallest absolute Gasteiger partial charge is 0.229 e. The average Bonchev–Trinajstić information content (AvgIpc) is 3.32. The van der Waals surface area contributed by atoms with Crippen molar-refractivity contribution in [2.45, 2.75) is 34.9 Å². The summed E-state index contributed by atoms with van der Waals surface area (Å²) in [5.74, 6) is 0.0621. The number of nitrogen functional groups attached to an aromatic ring is 1. The van der Waals surface area contributed by atoms with Crippen molar-refractivity contribution >= 4 is 34.7 Å². The monoisotopic (exact) mass is 392 g/mol. The van der Waals surface area contributed by atoms with Gasteiger partial charge in [0.1, 0.15) is 27.9 Å². The average molecular weight is 392 g/mol. The van der Waals surface area contributed by atoms with E-state index in [0.29, 0.717) is 21.2 Å². The van der Waals surface area contributed by atoms with E-state index < -0.39 is 18.4 Å². The third-order valence-corrected chi connectivity index (χ3v) is 5.39. The van der Waals surface area contributed by atoms with Gasteiger partial charge in [-0.05, 0) is 16.9 Å². The van der Waals surface area contributed by atoms with Crippen LogP contribution in [0.1, 0.15) is 12.6 Å². The summed E-state index contributed by atoms with van der Waals surface area (Å²) in [6, 6.07) is 0. The van der Waals surface area contributed by atoms with Crippen molar-refractivity contribution in [3.05, 3.63) is 17.6 Å². The van der Waals surface area contributed by atoms with E-state index in [4.69, 9.17) is 10.5 Å². The number of nitroso groups, excluding NO2 is 1. The zero-order valence-electron chi connectivity index (χ0n) is 14.1. The van der Waals surface area contributed by atoms with E-state index in [0.717, 1.165) is 11.8 Å². The van der Waals surface area contributed by atoms with Gasteiger partial charge in [-0.2, -0.15) is 4.98 Å². The number of nitrogens with zero attached hydrogens (tertiary/aromatic N) is 7. The van der Waals surface area contributed by atoms with Crippen LogP contribution in [-0.2, 0) is 11.8 Å². The van der Waals surface area contributed by atoms with E-state index in [1.165, 1.54) is 12.7 Å². The second-order valence-corrected chi connectivity index (χ2v) is 6.98. The molecule has 0 bridgehead atoms. The van der Waals surface area contributed by atoms with E-state index in [9.17, 15) is 15.1 Å². The Morgan fingerprint density at radius 3 is 2.93 bits per heavy atom. The zero-order chi connectivity index (χ0) is 19.1. The molecule has 3 atom stereocenters. The molecule has 13 heteroatoms. The first-order chi connectivity index (χ1) is 13.0. The molecule has 0 spiro atoms. The number of aliphatic hydroxyl groups is 2. The van der Waals surface area contributed by atoms with Gasteiger partial charge < -0.3 is 25.3 Å². The van der Waals surface area contributed by atoms with Crippen LogP contribution in [0.15, 0.2) is 27.9 Å². The van der Waals surface area contributed by atoms with E-state index >= 15 is 0 Å². The quantitative estimate of drug-likeness (QED) is 0.406. The Hall–Kier alpha value is -2.61. The number of ether oxygens (including phenoxy) is 1. The summed E-state index contributed by atoms with van der Waals surface area (Å²) in [5, 5.41) is 23.1. The van der Waals surface area contributed by atoms with E-state index in [1.54, 1.807) is 16.2 Å². The molecule has 1 aliphatic rings. The molecule has 1 fully saturated rings. The van der Waals surface area contributed by atoms with Gasteiger partial charge in [-0.3, -0.25) is 4.57 Å². The molecule has 12 nitrogen and oxygen atoms in total. The summed E-state index contributed by atoms with van der Waals surface area (Å²) in [6.45, 7) is -0.287. The number of aryl methyl sites for hydroxylation is 1. The third kappa shape index (κ3) is 3.03. The minimum Gasteiger partial charge on any atom is -0.394 e. The topological polar surface area (TPSA) is 167 Å². The second-order valence-electron chi connectivity index (χ2n) is 6.00. The first kappa shape index (κ1) is 17.8. The van der Waals surface area contributed by atoms with Crippen LogP contribution < -0.4 is 5.73 Å². The molecule has 3 unspecified atom stereocenters. The van der Waals surface area contributed by atoms with Gasteiger partial charge in [0.15, 0.2) is 5.65 Å². The van der Waals surface area contributed by atoms with Gasteiger partial charge >= 0.3 is 0 Å². The van der Waals surface area contributed by atoms with Crippen LogP contribution in [0.3, 0.4) is 0 Å². The lowest BCUT2D eigenvalue weighted by Gasteiger charge is -2.13. The number of nitrogens with two attached hydrogens (primary N) is 1. The van der Waals surface area contributed by atoms with Crippen LogP contribution in [0.2, 0.25) is 0 Å². The van der Waals surface area contributed by atoms with Crippen molar-refractivity contribution in [1.82, 2.24) is 29.1 Å². The standard InChI is InChI=1S/C14H16N8O4S/c1-21-4-17-10(20-25)13(21)27-12-9-11(18-14(15)19-12)22(5-16-9)8-2-6(24)7(3-23)26-8/h4-8,23-24H,2-3H2,1H3,(H2,15,18,19). The number of hydrogen-bond acceptors (Lipinski definition) is 11. The fourth-order valence-electron chi connectivity index (χ4n) is 2.92. The maximum atomic E-state index is 11.0. The number of fused-ring (bicyclic) bond motifs is 1. The molecule has 3 aromatic heterocycles. The Morgan fingerprint density at radius 1 is 1.41 bits per heavy atom. The lowest BCUT2D eigenvalue weighted by Crippen LogP contribution is -2.24. The molecular formula is C14H16N8O4S. The van der Waals surface area contributed by atoms with Gasteiger partial charge in [-0.15, -0.1) is 4.91 Å². The number of aromatic nitrogens is 6. The predicted octanol–water partition coefficient (Wildman–Crippen LogP) is 0.332. The number of aliphatic hydroxyl groups excluding tert-OH is 2. The fourth-order valence-corrected chi connectivity index (χ4v) is 3.85. The SMILES string of the molecule is Cn1cnc(N=O)c1Sc1nc(N)nc2c1ncn2C1CC(O)C(CO)O1. The van der Waals surface area contributed by atoms with Crippen LogP contribution in [0.25, 0.3) is 11.2 Å². The van der Waals surface area contributed by atoms with Crippen molar-refractivity contribution in [2.24, 2.45) is 12.2 Å². The molecule has 4 N–H and O–H groups in total. The summed E-state index contributed by atoms with van der Waals surface area (Å²) in [7, 11) is 1.73. The molecule has 3 aromatic rings. The van der Waals surface area contributed by atoms with Crippen molar-refractivity contribution in [2.75, 3.05) is 12.3 Å². The molecule has 4 heterocycles. The molecule has 0 amide bonds. The van der Waals surface area contributed by atoms with Crippen LogP contribution in [0.4, 0.5) is 11.8 Å². The van der Waals surface area contributed by atoms with Gasteiger partial charge in [0, 0.05) is 13.5 Å². The molecule has 1 saturated heterocycles. The highest BCUT2D eigenvalue weighted by Gasteiger charge is 2.35. The third-order valence-electron chi connectivity index (χ3n) is 4.25. The Balaban J connectivity index is 1.75. The maximum Gasteiger partial charge on any atom is 0.229 e. The van der Waals surface area contributed by atoms with E-state index in [2.05, 4.69) is 25.1 Å². The number of imidazole rings is 2. The highest BCUT2D eigenvalue weighted by molar-refractivity contribution is 7.99. The van der Waals surface area contributed by atoms with Gasteiger partial charge in [-0.1, -0.05) is 0 Å². The Kier molecular flexibility index (Phi) is 4.51. The molecule has 4 rings (SSSR count). The number of hydrogen-bond donors (Lipinski definition) is 3. The summed E-state index contributed by atoms with van der Waals surface area (Å²) >= 11 is 1.15. The van der Waals surface area contributed by atoms with Crippen LogP contribution in [-0.4, -0.2) is 58.1 Å². The predicted molar refractivity (Wildman–Crippen MR) is 94.1 cm³/mol. The van der Waals surface area contributed by atoms with Gasteiger partial charge in [0.2, 0.25) is 11.8 Å². The minimum atomic E-state index is -0.791. The van der Waals surface area contributed by atoms with Crippen LogP contribution in [0.5, 0.6) is 0 Å². The largest absolute Gasteiger partial charge is 0.394 e. The zero-order valence-corrected chi connectivity index (χ0v) is 14.9. The highest BCUT2D eigenvalue weighted by atomic mass is 32.2. The van der Waals surface area contributed by atoms with E-state index in [-0.39, 0.29) is 24.8 Å². The number of rotatable bonds is 5. The molecule has 0 saturated carbocycles. The van der Waals surface area contributed by atoms with Crippen molar-refractivity contribution in [1.29, 1.82) is 0 Å². The Labute approximate surface area is 156 Å². The lowest BCUT2D eigenvalue weighted by atomic mass is 10.2. The molecule has 1 aliphatic heterocycles. The fraction of sp³-hybridized carbons (Fsp3) is 0.429. The Morgan fingerprint density at radius 2 is 2.22 bits per heavy atom. The Bertz CT molecular complexity index is 1000. The van der Waals surface area contributed by atoms with Gasteiger partial charge in [0.05, 0.1) is 25.4 Å². The van der Waals surface area contributed by atoms with Crippen molar-refractivity contribution in [3.63, 3.8) is 0 Å². The first-order valence-corrected chi connectivity index (χ1v) is 8.80. The second kappa shape index (κ2) is 6.84. The van der Waals surface area contributed by atoms with Gasteiger partial charge in [-0.25, -0.2) is 15.0 Å². The summed E-state index contributed by atoms with van der Waals surface area (Å²) in [4.78, 5) is 27.7. The molecular weight excluding hydrogens is 376 g/mol. The summed E-state index contributed by atoms with van der Waals surface area (Å²) < 4.78 is 8.94. The summed E-state index contributed by atoms with van der Waals surface area (Å²) in [5.41, 5.74) is 6.73. The maximum absolute atomic E-state index is 11.0. The molecule has 142 valence electrons. The highest BCUT2D eigenvalue weighted by Crippen LogP contribution is 2.37.